The molecule has 6 nitrogen and oxygen atoms in total. The van der Waals surface area contributed by atoms with Gasteiger partial charge in [-0.1, -0.05) is 0 Å². The first kappa shape index (κ1) is 16.7. The molecule has 0 aliphatic heterocycles. The van der Waals surface area contributed by atoms with Crippen molar-refractivity contribution in [1.82, 2.24) is 10.3 Å². The van der Waals surface area contributed by atoms with Crippen LogP contribution in [0.25, 0.3) is 0 Å². The van der Waals surface area contributed by atoms with E-state index in [1.165, 1.54) is 0 Å². The van der Waals surface area contributed by atoms with Crippen molar-refractivity contribution < 1.29 is 14.0 Å². The van der Waals surface area contributed by atoms with Gasteiger partial charge in [-0.2, -0.15) is 11.8 Å². The minimum atomic E-state index is -3.78. The van der Waals surface area contributed by atoms with E-state index in [4.69, 9.17) is 4.52 Å². The van der Waals surface area contributed by atoms with Crippen LogP contribution in [0.1, 0.15) is 11.9 Å². The molecule has 0 fully saturated rings. The van der Waals surface area contributed by atoms with Crippen molar-refractivity contribution in [2.24, 2.45) is 4.99 Å². The van der Waals surface area contributed by atoms with Crippen LogP contribution in [0, 0.1) is 0 Å². The lowest BCUT2D eigenvalue weighted by Gasteiger charge is -2.12. The van der Waals surface area contributed by atoms with Gasteiger partial charge >= 0.3 is 7.60 Å². The van der Waals surface area contributed by atoms with Gasteiger partial charge in [-0.05, 0) is 6.92 Å². The van der Waals surface area contributed by atoms with Gasteiger partial charge in [0.1, 0.15) is 5.01 Å². The summed E-state index contributed by atoms with van der Waals surface area (Å²) in [7, 11) is -2.22. The fourth-order valence-electron chi connectivity index (χ4n) is 1.25. The molecule has 1 heterocycles. The van der Waals surface area contributed by atoms with E-state index in [0.29, 0.717) is 6.54 Å². The van der Waals surface area contributed by atoms with E-state index in [-0.39, 0.29) is 12.2 Å². The summed E-state index contributed by atoms with van der Waals surface area (Å²) < 4.78 is 16.5. The fourth-order valence-corrected chi connectivity index (χ4v) is 3.82. The van der Waals surface area contributed by atoms with E-state index in [1.807, 2.05) is 5.38 Å². The number of thiazole rings is 1. The Kier molecular flexibility index (Phi) is 7.63. The summed E-state index contributed by atoms with van der Waals surface area (Å²) in [5.74, 6) is 1.60. The van der Waals surface area contributed by atoms with Crippen molar-refractivity contribution in [3.63, 3.8) is 0 Å². The molecule has 0 spiro atoms. The van der Waals surface area contributed by atoms with Crippen LogP contribution in [0.4, 0.5) is 0 Å². The van der Waals surface area contributed by atoms with Crippen LogP contribution < -0.4 is 5.32 Å². The van der Waals surface area contributed by atoms with Gasteiger partial charge in [-0.15, -0.1) is 11.3 Å². The topological polar surface area (TPSA) is 83.8 Å². The third-order valence-corrected chi connectivity index (χ3v) is 5.42. The quantitative estimate of drug-likeness (QED) is 0.330. The van der Waals surface area contributed by atoms with Gasteiger partial charge < -0.3 is 14.7 Å². The molecule has 0 aliphatic carbocycles. The van der Waals surface area contributed by atoms with Crippen LogP contribution in [0.5, 0.6) is 0 Å². The van der Waals surface area contributed by atoms with Crippen LogP contribution in [0.3, 0.4) is 0 Å². The van der Waals surface area contributed by atoms with E-state index >= 15 is 0 Å². The summed E-state index contributed by atoms with van der Waals surface area (Å²) in [5.41, 5.74) is 0.0178. The number of thioether (sulfide) groups is 1. The Labute approximate surface area is 121 Å². The molecule has 19 heavy (non-hydrogen) atoms. The maximum absolute atomic E-state index is 11.7. The van der Waals surface area contributed by atoms with E-state index in [9.17, 15) is 9.46 Å². The van der Waals surface area contributed by atoms with Crippen LogP contribution in [-0.4, -0.2) is 41.4 Å². The third-order valence-electron chi connectivity index (χ3n) is 2.00. The normalized spacial score (nSPS) is 15.2. The maximum atomic E-state index is 11.7. The van der Waals surface area contributed by atoms with Crippen molar-refractivity contribution in [3.8, 4) is 0 Å². The predicted octanol–water partition coefficient (Wildman–Crippen LogP) is 2.17. The standard InChI is InChI=1S/C10H18N3O3PS2/c1-3-16-17(14,15)10(11-2)13-4-6-18-8-9-12-5-7-19-9/h5,7H,3-4,6,8H2,1-2H3,(H,11,13)(H,14,15). The number of hydrogen-bond donors (Lipinski definition) is 2. The van der Waals surface area contributed by atoms with Crippen molar-refractivity contribution in [3.05, 3.63) is 16.6 Å². The van der Waals surface area contributed by atoms with Crippen molar-refractivity contribution in [2.45, 2.75) is 12.7 Å². The van der Waals surface area contributed by atoms with E-state index in [1.54, 1.807) is 43.3 Å². The number of aromatic nitrogens is 1. The Morgan fingerprint density at radius 1 is 1.74 bits per heavy atom. The Balaban J connectivity index is 2.35. The highest BCUT2D eigenvalue weighted by Crippen LogP contribution is 2.42. The van der Waals surface area contributed by atoms with Crippen molar-refractivity contribution >= 4 is 36.3 Å². The molecule has 0 aromatic carbocycles. The highest BCUT2D eigenvalue weighted by Gasteiger charge is 2.25. The summed E-state index contributed by atoms with van der Waals surface area (Å²) >= 11 is 3.31. The zero-order valence-electron chi connectivity index (χ0n) is 10.9. The monoisotopic (exact) mass is 323 g/mol. The number of nitrogens with zero attached hydrogens (tertiary/aromatic N) is 2. The van der Waals surface area contributed by atoms with E-state index < -0.39 is 7.60 Å². The average Bonchev–Trinajstić information content (AvgIpc) is 2.86. The van der Waals surface area contributed by atoms with Crippen LogP contribution >= 0.6 is 30.7 Å². The molecule has 0 aliphatic rings. The zero-order valence-corrected chi connectivity index (χ0v) is 13.4. The number of hydrogen-bond acceptors (Lipinski definition) is 6. The molecule has 1 aromatic rings. The first-order chi connectivity index (χ1) is 9.10. The molecule has 9 heteroatoms. The Hall–Kier alpha value is -0.400. The van der Waals surface area contributed by atoms with Gasteiger partial charge in [0.2, 0.25) is 5.58 Å². The minimum absolute atomic E-state index is 0.0178. The molecule has 0 saturated carbocycles. The Bertz CT molecular complexity index is 439. The van der Waals surface area contributed by atoms with Gasteiger partial charge in [0.25, 0.3) is 0 Å². The number of aliphatic imine (C=N–C) groups is 1. The van der Waals surface area contributed by atoms with Crippen molar-refractivity contribution in [1.29, 1.82) is 0 Å². The highest BCUT2D eigenvalue weighted by atomic mass is 32.2. The SMILES string of the molecule is CCOP(=O)(O)/C(=N/CCSCc1nccs1)NC. The smallest absolute Gasteiger partial charge is 0.367 e. The van der Waals surface area contributed by atoms with Gasteiger partial charge in [0.05, 0.1) is 13.2 Å². The van der Waals surface area contributed by atoms with Gasteiger partial charge in [-0.25, -0.2) is 4.98 Å². The summed E-state index contributed by atoms with van der Waals surface area (Å²) in [5, 5.41) is 5.64. The summed E-state index contributed by atoms with van der Waals surface area (Å²) in [6.45, 7) is 2.30. The lowest BCUT2D eigenvalue weighted by atomic mass is 10.8. The van der Waals surface area contributed by atoms with Crippen molar-refractivity contribution in [2.75, 3.05) is 26.0 Å². The number of nitrogens with one attached hydrogen (secondary N) is 1. The predicted molar refractivity (Wildman–Crippen MR) is 81.1 cm³/mol. The molecule has 0 amide bonds. The van der Waals surface area contributed by atoms with Gasteiger partial charge in [0, 0.05) is 30.1 Å². The second-order valence-electron chi connectivity index (χ2n) is 3.37. The summed E-state index contributed by atoms with van der Waals surface area (Å²) in [6.07, 6.45) is 1.78. The Morgan fingerprint density at radius 3 is 3.11 bits per heavy atom. The molecule has 1 atom stereocenters. The van der Waals surface area contributed by atoms with E-state index in [0.717, 1.165) is 16.5 Å². The molecule has 0 bridgehead atoms. The lowest BCUT2D eigenvalue weighted by molar-refractivity contribution is 0.286. The minimum Gasteiger partial charge on any atom is -0.367 e. The fraction of sp³-hybridized carbons (Fsp3) is 0.600. The number of amidine groups is 1. The van der Waals surface area contributed by atoms with Crippen LogP contribution in [0.15, 0.2) is 16.6 Å². The largest absolute Gasteiger partial charge is 0.393 e. The molecule has 108 valence electrons. The molecule has 1 unspecified atom stereocenters. The molecular formula is C10H18N3O3PS2. The molecule has 2 N–H and O–H groups in total. The van der Waals surface area contributed by atoms with Crippen LogP contribution in [-0.2, 0) is 14.8 Å². The lowest BCUT2D eigenvalue weighted by Crippen LogP contribution is -2.20. The van der Waals surface area contributed by atoms with E-state index in [2.05, 4.69) is 15.3 Å². The first-order valence-electron chi connectivity index (χ1n) is 5.76. The second-order valence-corrected chi connectivity index (χ2v) is 7.18. The molecule has 1 rings (SSSR count). The summed E-state index contributed by atoms with van der Waals surface area (Å²) in [6, 6.07) is 0. The molecule has 1 aromatic heterocycles. The zero-order chi connectivity index (χ0) is 14.1. The summed E-state index contributed by atoms with van der Waals surface area (Å²) in [4.78, 5) is 17.9. The molecular weight excluding hydrogens is 305 g/mol. The van der Waals surface area contributed by atoms with Gasteiger partial charge in [0.15, 0.2) is 0 Å². The second kappa shape index (κ2) is 8.71. The highest BCUT2D eigenvalue weighted by molar-refractivity contribution is 7.98. The number of rotatable bonds is 8. The molecule has 0 saturated heterocycles. The Morgan fingerprint density at radius 2 is 2.53 bits per heavy atom. The third kappa shape index (κ3) is 6.05. The first-order valence-corrected chi connectivity index (χ1v) is 9.37. The van der Waals surface area contributed by atoms with Gasteiger partial charge in [-0.3, -0.25) is 9.56 Å². The maximum Gasteiger partial charge on any atom is 0.393 e. The van der Waals surface area contributed by atoms with Crippen LogP contribution in [0.2, 0.25) is 0 Å². The average molecular weight is 323 g/mol. The molecule has 0 radical (unpaired) electrons.